The normalized spacial score (nSPS) is 16.6. The van der Waals surface area contributed by atoms with Crippen LogP contribution >= 0.6 is 0 Å². The van der Waals surface area contributed by atoms with Crippen LogP contribution in [0.25, 0.3) is 0 Å². The number of aryl methyl sites for hydroxylation is 1. The Hall–Kier alpha value is -3.22. The number of methoxy groups -OCH3 is 1. The van der Waals surface area contributed by atoms with Gasteiger partial charge in [-0.15, -0.1) is 0 Å². The van der Waals surface area contributed by atoms with Crippen molar-refractivity contribution >= 4 is 5.91 Å². The summed E-state index contributed by atoms with van der Waals surface area (Å²) in [6, 6.07) is 7.66. The predicted molar refractivity (Wildman–Crippen MR) is 107 cm³/mol. The third-order valence-electron chi connectivity index (χ3n) is 5.18. The molecule has 1 amide bonds. The van der Waals surface area contributed by atoms with Gasteiger partial charge < -0.3 is 14.1 Å². The van der Waals surface area contributed by atoms with Gasteiger partial charge in [0.2, 0.25) is 5.89 Å². The second kappa shape index (κ2) is 8.43. The molecule has 1 fully saturated rings. The second-order valence-electron chi connectivity index (χ2n) is 7.21. The van der Waals surface area contributed by atoms with Gasteiger partial charge in [0.15, 0.2) is 0 Å². The van der Waals surface area contributed by atoms with Crippen LogP contribution in [0.15, 0.2) is 47.3 Å². The van der Waals surface area contributed by atoms with Crippen LogP contribution in [0.5, 0.6) is 5.75 Å². The minimum Gasteiger partial charge on any atom is -0.496 e. The van der Waals surface area contributed by atoms with Crippen LogP contribution < -0.4 is 4.74 Å². The molecule has 3 heterocycles. The first-order chi connectivity index (χ1) is 14.2. The molecule has 0 radical (unpaired) electrons. The Morgan fingerprint density at radius 2 is 2.03 bits per heavy atom. The second-order valence-corrected chi connectivity index (χ2v) is 7.21. The zero-order chi connectivity index (χ0) is 20.2. The zero-order valence-corrected chi connectivity index (χ0v) is 16.7. The summed E-state index contributed by atoms with van der Waals surface area (Å²) in [5.41, 5.74) is 2.16. The molecule has 7 heteroatoms. The molecule has 29 heavy (non-hydrogen) atoms. The van der Waals surface area contributed by atoms with Crippen molar-refractivity contribution in [3.63, 3.8) is 0 Å². The van der Waals surface area contributed by atoms with Gasteiger partial charge in [-0.25, -0.2) is 9.97 Å². The molecule has 0 saturated carbocycles. The molecule has 1 aromatic carbocycles. The largest absolute Gasteiger partial charge is 0.496 e. The third kappa shape index (κ3) is 4.13. The number of carbonyl (C=O) groups excluding carboxylic acids is 1. The topological polar surface area (TPSA) is 81.4 Å². The van der Waals surface area contributed by atoms with Gasteiger partial charge >= 0.3 is 0 Å². The fraction of sp³-hybridized carbons (Fsp3) is 0.364. The Bertz CT molecular complexity index is 984. The van der Waals surface area contributed by atoms with E-state index in [4.69, 9.17) is 9.15 Å². The molecule has 150 valence electrons. The van der Waals surface area contributed by atoms with Crippen LogP contribution in [0.1, 0.15) is 58.7 Å². The Kier molecular flexibility index (Phi) is 5.55. The summed E-state index contributed by atoms with van der Waals surface area (Å²) in [5.74, 6) is 2.00. The van der Waals surface area contributed by atoms with Crippen LogP contribution in [-0.2, 0) is 6.42 Å². The summed E-state index contributed by atoms with van der Waals surface area (Å²) in [7, 11) is 1.66. The first-order valence-electron chi connectivity index (χ1n) is 9.82. The van der Waals surface area contributed by atoms with Gasteiger partial charge in [0.1, 0.15) is 23.2 Å². The quantitative estimate of drug-likeness (QED) is 0.658. The van der Waals surface area contributed by atoms with Crippen molar-refractivity contribution < 1.29 is 13.9 Å². The highest BCUT2D eigenvalue weighted by atomic mass is 16.5. The number of carbonyl (C=O) groups is 1. The van der Waals surface area contributed by atoms with Crippen LogP contribution in [-0.4, -0.2) is 39.4 Å². The van der Waals surface area contributed by atoms with Crippen LogP contribution in [0.2, 0.25) is 0 Å². The molecular formula is C22H24N4O3. The fourth-order valence-electron chi connectivity index (χ4n) is 3.68. The van der Waals surface area contributed by atoms with Crippen molar-refractivity contribution in [1.29, 1.82) is 0 Å². The van der Waals surface area contributed by atoms with E-state index in [-0.39, 0.29) is 11.9 Å². The van der Waals surface area contributed by atoms with E-state index in [1.54, 1.807) is 19.5 Å². The van der Waals surface area contributed by atoms with Crippen LogP contribution in [0, 0.1) is 6.92 Å². The third-order valence-corrected chi connectivity index (χ3v) is 5.18. The van der Waals surface area contributed by atoms with Crippen molar-refractivity contribution in [3.8, 4) is 5.75 Å². The number of oxazole rings is 1. The maximum Gasteiger partial charge on any atom is 0.274 e. The molecule has 1 atom stereocenters. The molecule has 0 aliphatic carbocycles. The molecule has 7 nitrogen and oxygen atoms in total. The lowest BCUT2D eigenvalue weighted by molar-refractivity contribution is 0.0563. The van der Waals surface area contributed by atoms with E-state index in [2.05, 4.69) is 15.0 Å². The standard InChI is InChI=1S/C22H24N4O3/c1-15-12-24-18(14-23-15)22(27)26-10-6-5-8-19(26)21-25-13-17(29-21)11-16-7-3-4-9-20(16)28-2/h3-4,7,9,12-14,19H,5-6,8,10-11H2,1-2H3. The van der Waals surface area contributed by atoms with Gasteiger partial charge in [-0.1, -0.05) is 18.2 Å². The average Bonchev–Trinajstić information content (AvgIpc) is 3.22. The first kappa shape index (κ1) is 19.1. The maximum atomic E-state index is 13.0. The maximum absolute atomic E-state index is 13.0. The summed E-state index contributed by atoms with van der Waals surface area (Å²) in [4.78, 5) is 27.8. The molecule has 0 spiro atoms. The van der Waals surface area contributed by atoms with Gasteiger partial charge in [0.25, 0.3) is 5.91 Å². The molecule has 4 rings (SSSR count). The number of likely N-dealkylation sites (tertiary alicyclic amines) is 1. The Morgan fingerprint density at radius 1 is 1.17 bits per heavy atom. The lowest BCUT2D eigenvalue weighted by Crippen LogP contribution is -2.39. The predicted octanol–water partition coefficient (Wildman–Crippen LogP) is 3.74. The monoisotopic (exact) mass is 392 g/mol. The Labute approximate surface area is 169 Å². The van der Waals surface area contributed by atoms with Crippen molar-refractivity contribution in [1.82, 2.24) is 19.9 Å². The Morgan fingerprint density at radius 3 is 2.83 bits per heavy atom. The van der Waals surface area contributed by atoms with E-state index in [1.165, 1.54) is 6.20 Å². The van der Waals surface area contributed by atoms with Crippen LogP contribution in [0.4, 0.5) is 0 Å². The number of para-hydroxylation sites is 1. The molecule has 1 aliphatic heterocycles. The van der Waals surface area contributed by atoms with Crippen LogP contribution in [0.3, 0.4) is 0 Å². The summed E-state index contributed by atoms with van der Waals surface area (Å²) >= 11 is 0. The number of nitrogens with zero attached hydrogens (tertiary/aromatic N) is 4. The zero-order valence-electron chi connectivity index (χ0n) is 16.7. The molecular weight excluding hydrogens is 368 g/mol. The van der Waals surface area contributed by atoms with Crippen molar-refractivity contribution in [2.75, 3.05) is 13.7 Å². The molecule has 1 unspecified atom stereocenters. The van der Waals surface area contributed by atoms with E-state index in [0.29, 0.717) is 24.6 Å². The number of benzene rings is 1. The van der Waals surface area contributed by atoms with Gasteiger partial charge in [-0.2, -0.15) is 0 Å². The van der Waals surface area contributed by atoms with E-state index in [0.717, 1.165) is 42.0 Å². The smallest absolute Gasteiger partial charge is 0.274 e. The molecule has 0 N–H and O–H groups in total. The highest BCUT2D eigenvalue weighted by Crippen LogP contribution is 2.32. The number of rotatable bonds is 5. The van der Waals surface area contributed by atoms with E-state index < -0.39 is 0 Å². The number of aromatic nitrogens is 3. The van der Waals surface area contributed by atoms with Gasteiger partial charge in [0.05, 0.1) is 25.2 Å². The number of hydrogen-bond donors (Lipinski definition) is 0. The molecule has 2 aromatic heterocycles. The van der Waals surface area contributed by atoms with Crippen molar-refractivity contribution in [2.45, 2.75) is 38.6 Å². The highest BCUT2D eigenvalue weighted by Gasteiger charge is 2.32. The SMILES string of the molecule is COc1ccccc1Cc1cnc(C2CCCCN2C(=O)c2cnc(C)cn2)o1. The van der Waals surface area contributed by atoms with E-state index in [1.807, 2.05) is 36.1 Å². The summed E-state index contributed by atoms with van der Waals surface area (Å²) in [6.07, 6.45) is 8.27. The summed E-state index contributed by atoms with van der Waals surface area (Å²) in [5, 5.41) is 0. The molecule has 1 aliphatic rings. The van der Waals surface area contributed by atoms with E-state index in [9.17, 15) is 4.79 Å². The summed E-state index contributed by atoms with van der Waals surface area (Å²) in [6.45, 7) is 2.50. The number of ether oxygens (including phenoxy) is 1. The van der Waals surface area contributed by atoms with E-state index >= 15 is 0 Å². The number of piperidine rings is 1. The fourth-order valence-corrected chi connectivity index (χ4v) is 3.68. The van der Waals surface area contributed by atoms with Gasteiger partial charge in [-0.3, -0.25) is 9.78 Å². The van der Waals surface area contributed by atoms with Crippen molar-refractivity contribution in [2.24, 2.45) is 0 Å². The lowest BCUT2D eigenvalue weighted by atomic mass is 10.0. The van der Waals surface area contributed by atoms with Gasteiger partial charge in [0, 0.05) is 24.7 Å². The minimum absolute atomic E-state index is 0.133. The number of hydrogen-bond acceptors (Lipinski definition) is 6. The van der Waals surface area contributed by atoms with Gasteiger partial charge in [-0.05, 0) is 32.3 Å². The minimum atomic E-state index is -0.189. The molecule has 3 aromatic rings. The lowest BCUT2D eigenvalue weighted by Gasteiger charge is -2.33. The molecule has 0 bridgehead atoms. The van der Waals surface area contributed by atoms with Crippen molar-refractivity contribution in [3.05, 3.63) is 71.5 Å². The highest BCUT2D eigenvalue weighted by molar-refractivity contribution is 5.92. The first-order valence-corrected chi connectivity index (χ1v) is 9.82. The molecule has 1 saturated heterocycles. The Balaban J connectivity index is 1.55. The average molecular weight is 392 g/mol. The number of amides is 1. The summed E-state index contributed by atoms with van der Waals surface area (Å²) < 4.78 is 11.5.